The average molecular weight is 246 g/mol. The number of rotatable bonds is 2. The lowest BCUT2D eigenvalue weighted by molar-refractivity contribution is -0.134. The zero-order chi connectivity index (χ0) is 13.1. The van der Waals surface area contributed by atoms with Crippen LogP contribution in [-0.4, -0.2) is 62.5 Å². The van der Waals surface area contributed by atoms with Crippen LogP contribution in [0.3, 0.4) is 0 Å². The zero-order valence-electron chi connectivity index (χ0n) is 11.3. The molecule has 0 aliphatic carbocycles. The summed E-state index contributed by atoms with van der Waals surface area (Å²) in [5.74, 6) is 0.171. The van der Waals surface area contributed by atoms with E-state index < -0.39 is 0 Å². The smallest absolute Gasteiger partial charge is 0.241 e. The molecule has 0 bridgehead atoms. The molecule has 1 amide bonds. The number of hydrogen-bond acceptors (Lipinski definition) is 3. The van der Waals surface area contributed by atoms with Gasteiger partial charge in [0.2, 0.25) is 5.91 Å². The molecule has 18 heavy (non-hydrogen) atoms. The summed E-state index contributed by atoms with van der Waals surface area (Å²) < 4.78 is 0. The summed E-state index contributed by atoms with van der Waals surface area (Å²) in [6.07, 6.45) is 0. The quantitative estimate of drug-likeness (QED) is 0.768. The van der Waals surface area contributed by atoms with E-state index in [0.29, 0.717) is 0 Å². The highest BCUT2D eigenvalue weighted by atomic mass is 16.2. The Hall–Kier alpha value is -1.55. The standard InChI is InChI=1S/C14H20N3O/c1-15(2)14(18)13-11-17(10-9-16(13)3)12-7-5-4-6-8-12/h5-8,13H,9-11H2,1-3H3. The molecular weight excluding hydrogens is 226 g/mol. The maximum Gasteiger partial charge on any atom is 0.241 e. The zero-order valence-corrected chi connectivity index (χ0v) is 11.3. The lowest BCUT2D eigenvalue weighted by Crippen LogP contribution is -2.57. The van der Waals surface area contributed by atoms with Crippen molar-refractivity contribution >= 4 is 11.6 Å². The minimum Gasteiger partial charge on any atom is -0.368 e. The Balaban J connectivity index is 2.12. The Morgan fingerprint density at radius 1 is 1.33 bits per heavy atom. The fourth-order valence-corrected chi connectivity index (χ4v) is 2.26. The van der Waals surface area contributed by atoms with E-state index in [9.17, 15) is 4.79 Å². The summed E-state index contributed by atoms with van der Waals surface area (Å²) in [5.41, 5.74) is 1.17. The second-order valence-electron chi connectivity index (χ2n) is 4.93. The van der Waals surface area contributed by atoms with Gasteiger partial charge in [-0.05, 0) is 25.2 Å². The Morgan fingerprint density at radius 2 is 2.00 bits per heavy atom. The Bertz CT molecular complexity index is 405. The van der Waals surface area contributed by atoms with E-state index in [1.807, 2.05) is 45.4 Å². The van der Waals surface area contributed by atoms with Crippen molar-refractivity contribution in [2.24, 2.45) is 0 Å². The van der Waals surface area contributed by atoms with Crippen molar-refractivity contribution in [2.75, 3.05) is 45.7 Å². The molecule has 0 spiro atoms. The third kappa shape index (κ3) is 2.64. The van der Waals surface area contributed by atoms with Crippen LogP contribution in [0.25, 0.3) is 0 Å². The van der Waals surface area contributed by atoms with Gasteiger partial charge in [0.1, 0.15) is 6.04 Å². The van der Waals surface area contributed by atoms with E-state index in [1.165, 1.54) is 5.69 Å². The minimum absolute atomic E-state index is 0.0575. The predicted molar refractivity (Wildman–Crippen MR) is 72.6 cm³/mol. The fraction of sp³-hybridized carbons (Fsp3) is 0.500. The lowest BCUT2D eigenvalue weighted by atomic mass is 10.1. The number of hydrogen-bond donors (Lipinski definition) is 0. The number of nitrogens with zero attached hydrogens (tertiary/aromatic N) is 3. The van der Waals surface area contributed by atoms with Gasteiger partial charge < -0.3 is 9.80 Å². The van der Waals surface area contributed by atoms with Crippen LogP contribution in [0.2, 0.25) is 0 Å². The van der Waals surface area contributed by atoms with Crippen molar-refractivity contribution in [1.29, 1.82) is 0 Å². The molecule has 2 rings (SSSR count). The van der Waals surface area contributed by atoms with Crippen molar-refractivity contribution in [2.45, 2.75) is 6.04 Å². The molecule has 1 aliphatic rings. The van der Waals surface area contributed by atoms with Gasteiger partial charge in [-0.3, -0.25) is 9.69 Å². The van der Waals surface area contributed by atoms with Crippen LogP contribution in [0.1, 0.15) is 0 Å². The predicted octanol–water partition coefficient (Wildman–Crippen LogP) is 0.695. The summed E-state index contributed by atoms with van der Waals surface area (Å²) in [7, 11) is 5.64. The Kier molecular flexibility index (Phi) is 3.87. The molecule has 4 heteroatoms. The molecule has 1 unspecified atom stereocenters. The van der Waals surface area contributed by atoms with Gasteiger partial charge in [-0.25, -0.2) is 0 Å². The molecule has 1 aromatic rings. The van der Waals surface area contributed by atoms with Crippen LogP contribution >= 0.6 is 0 Å². The molecule has 0 aromatic heterocycles. The Labute approximate surface area is 109 Å². The maximum atomic E-state index is 12.1. The van der Waals surface area contributed by atoms with E-state index in [-0.39, 0.29) is 11.9 Å². The van der Waals surface area contributed by atoms with Gasteiger partial charge in [0.05, 0.1) is 0 Å². The summed E-state index contributed by atoms with van der Waals surface area (Å²) in [6.45, 7) is 2.61. The highest BCUT2D eigenvalue weighted by Gasteiger charge is 2.30. The second kappa shape index (κ2) is 5.40. The van der Waals surface area contributed by atoms with Crippen molar-refractivity contribution in [1.82, 2.24) is 9.80 Å². The van der Waals surface area contributed by atoms with Crippen molar-refractivity contribution < 1.29 is 4.79 Å². The number of anilines is 1. The molecule has 97 valence electrons. The summed E-state index contributed by atoms with van der Waals surface area (Å²) in [5, 5.41) is 0. The summed E-state index contributed by atoms with van der Waals surface area (Å²) in [4.78, 5) is 18.2. The molecule has 1 heterocycles. The first-order chi connectivity index (χ1) is 8.59. The first-order valence-corrected chi connectivity index (χ1v) is 6.22. The van der Waals surface area contributed by atoms with Gasteiger partial charge in [-0.1, -0.05) is 12.1 Å². The van der Waals surface area contributed by atoms with Crippen LogP contribution in [0.5, 0.6) is 0 Å². The van der Waals surface area contributed by atoms with Crippen LogP contribution in [0.4, 0.5) is 5.69 Å². The topological polar surface area (TPSA) is 26.8 Å². The monoisotopic (exact) mass is 246 g/mol. The van der Waals surface area contributed by atoms with Gasteiger partial charge in [0.15, 0.2) is 0 Å². The van der Waals surface area contributed by atoms with Gasteiger partial charge in [-0.15, -0.1) is 0 Å². The van der Waals surface area contributed by atoms with E-state index in [1.54, 1.807) is 4.90 Å². The molecule has 0 N–H and O–H groups in total. The number of likely N-dealkylation sites (N-methyl/N-ethyl adjacent to an activating group) is 2. The van der Waals surface area contributed by atoms with E-state index in [2.05, 4.69) is 15.9 Å². The third-order valence-corrected chi connectivity index (χ3v) is 3.44. The third-order valence-electron chi connectivity index (χ3n) is 3.44. The highest BCUT2D eigenvalue weighted by molar-refractivity contribution is 5.82. The molecule has 1 saturated heterocycles. The molecular formula is C14H20N3O. The molecule has 1 atom stereocenters. The SMILES string of the molecule is CN(C)C(=O)C1CN(c2cc[c]cc2)CCN1C. The molecule has 4 nitrogen and oxygen atoms in total. The minimum atomic E-state index is -0.0575. The van der Waals surface area contributed by atoms with Crippen LogP contribution in [-0.2, 0) is 4.79 Å². The van der Waals surface area contributed by atoms with E-state index in [4.69, 9.17) is 0 Å². The van der Waals surface area contributed by atoms with Crippen LogP contribution in [0.15, 0.2) is 24.3 Å². The normalized spacial score (nSPS) is 20.8. The number of carbonyl (C=O) groups is 1. The fourth-order valence-electron chi connectivity index (χ4n) is 2.26. The molecule has 1 radical (unpaired) electrons. The molecule has 0 saturated carbocycles. The number of benzene rings is 1. The lowest BCUT2D eigenvalue weighted by Gasteiger charge is -2.40. The first kappa shape index (κ1) is 12.9. The van der Waals surface area contributed by atoms with Gasteiger partial charge in [-0.2, -0.15) is 0 Å². The van der Waals surface area contributed by atoms with E-state index in [0.717, 1.165) is 19.6 Å². The first-order valence-electron chi connectivity index (χ1n) is 6.22. The average Bonchev–Trinajstić information content (AvgIpc) is 2.39. The van der Waals surface area contributed by atoms with Crippen LogP contribution in [0, 0.1) is 6.07 Å². The maximum absolute atomic E-state index is 12.1. The van der Waals surface area contributed by atoms with Crippen LogP contribution < -0.4 is 4.90 Å². The summed E-state index contributed by atoms with van der Waals surface area (Å²) in [6, 6.07) is 10.9. The van der Waals surface area contributed by atoms with Gasteiger partial charge in [0.25, 0.3) is 0 Å². The molecule has 1 aromatic carbocycles. The second-order valence-corrected chi connectivity index (χ2v) is 4.93. The Morgan fingerprint density at radius 3 is 2.61 bits per heavy atom. The molecule has 1 fully saturated rings. The highest BCUT2D eigenvalue weighted by Crippen LogP contribution is 2.18. The van der Waals surface area contributed by atoms with E-state index >= 15 is 0 Å². The number of carbonyl (C=O) groups excluding carboxylic acids is 1. The van der Waals surface area contributed by atoms with Gasteiger partial charge in [0, 0.05) is 39.4 Å². The number of amides is 1. The van der Waals surface area contributed by atoms with Crippen molar-refractivity contribution in [3.05, 3.63) is 30.3 Å². The van der Waals surface area contributed by atoms with Crippen molar-refractivity contribution in [3.8, 4) is 0 Å². The number of piperazine rings is 1. The molecule has 1 aliphatic heterocycles. The largest absolute Gasteiger partial charge is 0.368 e. The van der Waals surface area contributed by atoms with Gasteiger partial charge >= 0.3 is 0 Å². The summed E-state index contributed by atoms with van der Waals surface area (Å²) >= 11 is 0. The van der Waals surface area contributed by atoms with Crippen molar-refractivity contribution in [3.63, 3.8) is 0 Å².